The van der Waals surface area contributed by atoms with Crippen molar-refractivity contribution >= 4 is 10.4 Å². The summed E-state index contributed by atoms with van der Waals surface area (Å²) in [5.74, 6) is 0.236. The van der Waals surface area contributed by atoms with Crippen molar-refractivity contribution in [2.24, 2.45) is 5.92 Å². The molecule has 278 valence electrons. The smallest absolute Gasteiger partial charge is 0.264 e. The van der Waals surface area contributed by atoms with Gasteiger partial charge in [0, 0.05) is 0 Å². The van der Waals surface area contributed by atoms with Crippen molar-refractivity contribution in [2.75, 3.05) is 6.61 Å². The van der Waals surface area contributed by atoms with E-state index in [-0.39, 0.29) is 12.5 Å². The lowest BCUT2D eigenvalue weighted by Crippen LogP contribution is -2.14. The fourth-order valence-corrected chi connectivity index (χ4v) is 7.35. The van der Waals surface area contributed by atoms with Gasteiger partial charge in [0.15, 0.2) is 0 Å². The second kappa shape index (κ2) is 37.7. The van der Waals surface area contributed by atoms with Gasteiger partial charge in [0.25, 0.3) is 0 Å². The molecule has 1 N–H and O–H groups in total. The Morgan fingerprint density at radius 2 is 0.565 bits per heavy atom. The highest BCUT2D eigenvalue weighted by Crippen LogP contribution is 2.21. The van der Waals surface area contributed by atoms with Crippen molar-refractivity contribution in [3.05, 3.63) is 0 Å². The first-order chi connectivity index (χ1) is 22.5. The molecule has 0 rings (SSSR count). The van der Waals surface area contributed by atoms with E-state index < -0.39 is 10.4 Å². The first kappa shape index (κ1) is 45.9. The largest absolute Gasteiger partial charge is 0.397 e. The van der Waals surface area contributed by atoms with Crippen molar-refractivity contribution in [2.45, 2.75) is 251 Å². The summed E-state index contributed by atoms with van der Waals surface area (Å²) in [6.07, 6.45) is 50.0. The summed E-state index contributed by atoms with van der Waals surface area (Å²) in [5.41, 5.74) is 0. The third-order valence-corrected chi connectivity index (χ3v) is 10.6. The van der Waals surface area contributed by atoms with Gasteiger partial charge < -0.3 is 0 Å². The van der Waals surface area contributed by atoms with Gasteiger partial charge in [0.2, 0.25) is 0 Å². The molecule has 5 heteroatoms. The molecule has 0 radical (unpaired) electrons. The van der Waals surface area contributed by atoms with Crippen molar-refractivity contribution < 1.29 is 17.2 Å². The van der Waals surface area contributed by atoms with Crippen LogP contribution in [-0.4, -0.2) is 19.6 Å². The predicted octanol–water partition coefficient (Wildman–Crippen LogP) is 14.9. The molecule has 46 heavy (non-hydrogen) atoms. The van der Waals surface area contributed by atoms with Gasteiger partial charge in [-0.3, -0.25) is 4.55 Å². The summed E-state index contributed by atoms with van der Waals surface area (Å²) < 4.78 is 36.1. The second-order valence-corrected chi connectivity index (χ2v) is 15.9. The molecule has 0 aromatic carbocycles. The molecule has 1 unspecified atom stereocenters. The van der Waals surface area contributed by atoms with Crippen LogP contribution in [0.15, 0.2) is 0 Å². The zero-order chi connectivity index (χ0) is 33.7. The topological polar surface area (TPSA) is 63.6 Å². The third kappa shape index (κ3) is 40.0. The van der Waals surface area contributed by atoms with Gasteiger partial charge >= 0.3 is 10.4 Å². The first-order valence-corrected chi connectivity index (χ1v) is 22.5. The minimum absolute atomic E-state index is 0.135. The Hall–Kier alpha value is -0.130. The summed E-state index contributed by atoms with van der Waals surface area (Å²) in [6.45, 7) is 4.71. The van der Waals surface area contributed by atoms with Crippen LogP contribution in [0.25, 0.3) is 0 Å². The van der Waals surface area contributed by atoms with Gasteiger partial charge in [-0.25, -0.2) is 4.18 Å². The second-order valence-electron chi connectivity index (χ2n) is 14.8. The minimum Gasteiger partial charge on any atom is -0.264 e. The fraction of sp³-hybridized carbons (Fsp3) is 1.00. The van der Waals surface area contributed by atoms with Crippen LogP contribution in [0.1, 0.15) is 251 Å². The SMILES string of the molecule is CCCCCCCCCCCCCCCCCCCCCCC(CCCCCCCCCCCCCCCCC)COS(=O)(=O)O. The van der Waals surface area contributed by atoms with Gasteiger partial charge in [0.1, 0.15) is 0 Å². The third-order valence-electron chi connectivity index (χ3n) is 10.1. The lowest BCUT2D eigenvalue weighted by molar-refractivity contribution is 0.204. The van der Waals surface area contributed by atoms with Gasteiger partial charge in [-0.15, -0.1) is 0 Å². The van der Waals surface area contributed by atoms with E-state index in [2.05, 4.69) is 13.8 Å². The van der Waals surface area contributed by atoms with Crippen molar-refractivity contribution in [3.63, 3.8) is 0 Å². The van der Waals surface area contributed by atoms with E-state index >= 15 is 0 Å². The Morgan fingerprint density at radius 1 is 0.370 bits per heavy atom. The molecule has 0 spiro atoms. The summed E-state index contributed by atoms with van der Waals surface area (Å²) in [7, 11) is -4.34. The van der Waals surface area contributed by atoms with Crippen LogP contribution in [-0.2, 0) is 14.6 Å². The van der Waals surface area contributed by atoms with Crippen molar-refractivity contribution in [3.8, 4) is 0 Å². The molecule has 1 atom stereocenters. The van der Waals surface area contributed by atoms with Crippen LogP contribution < -0.4 is 0 Å². The van der Waals surface area contributed by atoms with Crippen LogP contribution >= 0.6 is 0 Å². The zero-order valence-corrected chi connectivity index (χ0v) is 32.3. The highest BCUT2D eigenvalue weighted by Gasteiger charge is 2.13. The Labute approximate surface area is 290 Å². The zero-order valence-electron chi connectivity index (χ0n) is 31.5. The summed E-state index contributed by atoms with van der Waals surface area (Å²) in [5, 5.41) is 0. The van der Waals surface area contributed by atoms with E-state index in [1.165, 1.54) is 212 Å². The van der Waals surface area contributed by atoms with E-state index in [0.29, 0.717) is 0 Å². The Bertz CT molecular complexity index is 665. The van der Waals surface area contributed by atoms with Gasteiger partial charge in [-0.05, 0) is 18.8 Å². The van der Waals surface area contributed by atoms with E-state index in [1.54, 1.807) is 0 Å². The van der Waals surface area contributed by atoms with E-state index in [0.717, 1.165) is 25.7 Å². The molecule has 0 amide bonds. The van der Waals surface area contributed by atoms with Gasteiger partial charge in [0.05, 0.1) is 6.61 Å². The average molecular weight is 673 g/mol. The number of hydrogen-bond donors (Lipinski definition) is 1. The van der Waals surface area contributed by atoms with Crippen LogP contribution in [0.3, 0.4) is 0 Å². The Kier molecular flexibility index (Phi) is 37.6. The molecule has 4 nitrogen and oxygen atoms in total. The van der Waals surface area contributed by atoms with Gasteiger partial charge in [-0.2, -0.15) is 8.42 Å². The Morgan fingerprint density at radius 3 is 0.761 bits per heavy atom. The van der Waals surface area contributed by atoms with Crippen LogP contribution in [0, 0.1) is 5.92 Å². The van der Waals surface area contributed by atoms with Gasteiger partial charge in [-0.1, -0.05) is 239 Å². The molecule has 0 aromatic heterocycles. The molecular formula is C41H84O4S. The molecule has 0 aromatic rings. The first-order valence-electron chi connectivity index (χ1n) is 21.1. The van der Waals surface area contributed by atoms with Crippen molar-refractivity contribution in [1.29, 1.82) is 0 Å². The molecule has 0 fully saturated rings. The predicted molar refractivity (Wildman–Crippen MR) is 203 cm³/mol. The average Bonchev–Trinajstić information content (AvgIpc) is 3.03. The molecule has 0 heterocycles. The number of unbranched alkanes of at least 4 members (excludes halogenated alkanes) is 33. The molecule has 0 aliphatic heterocycles. The maximum atomic E-state index is 11.1. The molecule has 0 saturated carbocycles. The van der Waals surface area contributed by atoms with E-state index in [1.807, 2.05) is 0 Å². The molecule has 0 aliphatic rings. The molecular weight excluding hydrogens is 589 g/mol. The number of hydrogen-bond acceptors (Lipinski definition) is 3. The highest BCUT2D eigenvalue weighted by molar-refractivity contribution is 7.80. The summed E-state index contributed by atoms with van der Waals surface area (Å²) in [4.78, 5) is 0. The molecule has 0 aliphatic carbocycles. The van der Waals surface area contributed by atoms with E-state index in [4.69, 9.17) is 8.74 Å². The molecule has 0 saturated heterocycles. The maximum absolute atomic E-state index is 11.1. The van der Waals surface area contributed by atoms with Crippen molar-refractivity contribution in [1.82, 2.24) is 0 Å². The fourth-order valence-electron chi connectivity index (χ4n) is 6.99. The highest BCUT2D eigenvalue weighted by atomic mass is 32.3. The standard InChI is InChI=1S/C41H84O4S/c1-3-5-7-9-11-13-15-17-19-20-21-22-23-25-27-29-31-33-35-37-39-41(40-45-46(42,43)44)38-36-34-32-30-28-26-24-18-16-14-12-10-8-6-4-2/h41H,3-40H2,1-2H3,(H,42,43,44). The van der Waals surface area contributed by atoms with Crippen LogP contribution in [0.2, 0.25) is 0 Å². The Balaban J connectivity index is 3.61. The molecule has 0 bridgehead atoms. The van der Waals surface area contributed by atoms with Crippen LogP contribution in [0.4, 0.5) is 0 Å². The minimum atomic E-state index is -4.34. The quantitative estimate of drug-likeness (QED) is 0.0520. The normalized spacial score (nSPS) is 12.7. The lowest BCUT2D eigenvalue weighted by atomic mass is 9.94. The monoisotopic (exact) mass is 673 g/mol. The summed E-state index contributed by atoms with van der Waals surface area (Å²) >= 11 is 0. The summed E-state index contributed by atoms with van der Waals surface area (Å²) in [6, 6.07) is 0. The van der Waals surface area contributed by atoms with Crippen LogP contribution in [0.5, 0.6) is 0 Å². The lowest BCUT2D eigenvalue weighted by Gasteiger charge is -2.16. The number of rotatable bonds is 40. The maximum Gasteiger partial charge on any atom is 0.397 e. The van der Waals surface area contributed by atoms with E-state index in [9.17, 15) is 8.42 Å².